The molecule has 0 amide bonds. The first kappa shape index (κ1) is 19.2. The van der Waals surface area contributed by atoms with Gasteiger partial charge in [0, 0.05) is 44.5 Å². The molecule has 0 bridgehead atoms. The van der Waals surface area contributed by atoms with Crippen molar-refractivity contribution in [3.8, 4) is 0 Å². The normalized spacial score (nSPS) is 24.1. The van der Waals surface area contributed by atoms with Crippen molar-refractivity contribution in [3.63, 3.8) is 0 Å². The number of aryl methyl sites for hydroxylation is 1. The van der Waals surface area contributed by atoms with Crippen LogP contribution in [0.2, 0.25) is 0 Å². The molecule has 0 spiro atoms. The Morgan fingerprint density at radius 3 is 2.77 bits per heavy atom. The van der Waals surface area contributed by atoms with Gasteiger partial charge >= 0.3 is 0 Å². The Bertz CT molecular complexity index is 605. The van der Waals surface area contributed by atoms with E-state index in [0.717, 1.165) is 31.2 Å². The van der Waals surface area contributed by atoms with Crippen molar-refractivity contribution in [3.05, 3.63) is 18.0 Å². The monoisotopic (exact) mass is 362 g/mol. The number of guanidine groups is 1. The molecule has 0 radical (unpaired) electrons. The van der Waals surface area contributed by atoms with Crippen molar-refractivity contribution >= 4 is 5.96 Å². The summed E-state index contributed by atoms with van der Waals surface area (Å²) in [5.41, 5.74) is 1.37. The standard InChI is InChI=1S/C19H34N6O/c1-20-18(21-15-19(23(2)3)8-6-5-7-9-19)25-10-11-26-17(14-25)16-12-22-24(4)13-16/h12-13,17H,5-11,14-15H2,1-4H3,(H,20,21). The molecule has 1 aromatic heterocycles. The van der Waals surface area contributed by atoms with Gasteiger partial charge in [-0.15, -0.1) is 0 Å². The molecular formula is C19H34N6O. The van der Waals surface area contributed by atoms with Crippen LogP contribution in [0.3, 0.4) is 0 Å². The van der Waals surface area contributed by atoms with E-state index < -0.39 is 0 Å². The molecule has 1 aliphatic carbocycles. The van der Waals surface area contributed by atoms with Crippen molar-refractivity contribution in [1.29, 1.82) is 0 Å². The van der Waals surface area contributed by atoms with Gasteiger partial charge in [-0.1, -0.05) is 19.3 Å². The summed E-state index contributed by atoms with van der Waals surface area (Å²) in [5.74, 6) is 0.981. The molecule has 1 unspecified atom stereocenters. The average Bonchev–Trinajstić information content (AvgIpc) is 3.10. The third-order valence-corrected chi connectivity index (χ3v) is 5.98. The topological polar surface area (TPSA) is 57.9 Å². The fraction of sp³-hybridized carbons (Fsp3) is 0.789. The molecule has 2 aliphatic rings. The Morgan fingerprint density at radius 2 is 2.15 bits per heavy atom. The van der Waals surface area contributed by atoms with Crippen LogP contribution in [0.25, 0.3) is 0 Å². The molecule has 2 fully saturated rings. The van der Waals surface area contributed by atoms with E-state index >= 15 is 0 Å². The second kappa shape index (κ2) is 8.39. The highest BCUT2D eigenvalue weighted by Gasteiger charge is 2.35. The fourth-order valence-corrected chi connectivity index (χ4v) is 4.22. The second-order valence-corrected chi connectivity index (χ2v) is 7.83. The summed E-state index contributed by atoms with van der Waals surface area (Å²) in [6.07, 6.45) is 10.5. The molecular weight excluding hydrogens is 328 g/mol. The van der Waals surface area contributed by atoms with E-state index in [9.17, 15) is 0 Å². The molecule has 1 N–H and O–H groups in total. The number of ether oxygens (including phenoxy) is 1. The SMILES string of the molecule is CN=C(NCC1(N(C)C)CCCCC1)N1CCOC(c2cnn(C)c2)C1. The zero-order valence-corrected chi connectivity index (χ0v) is 16.7. The third-order valence-electron chi connectivity index (χ3n) is 5.98. The predicted octanol–water partition coefficient (Wildman–Crippen LogP) is 1.63. The maximum atomic E-state index is 5.97. The average molecular weight is 363 g/mol. The van der Waals surface area contributed by atoms with E-state index in [1.807, 2.05) is 31.2 Å². The van der Waals surface area contributed by atoms with E-state index in [2.05, 4.69) is 39.3 Å². The van der Waals surface area contributed by atoms with E-state index in [4.69, 9.17) is 4.74 Å². The van der Waals surface area contributed by atoms with Crippen LogP contribution in [0.1, 0.15) is 43.8 Å². The van der Waals surface area contributed by atoms with Gasteiger partial charge in [0.25, 0.3) is 0 Å². The number of likely N-dealkylation sites (N-methyl/N-ethyl adjacent to an activating group) is 1. The third kappa shape index (κ3) is 4.20. The maximum absolute atomic E-state index is 5.97. The Labute approximate surface area is 157 Å². The Kier molecular flexibility index (Phi) is 6.19. The van der Waals surface area contributed by atoms with Crippen molar-refractivity contribution in [1.82, 2.24) is 24.9 Å². The highest BCUT2D eigenvalue weighted by Crippen LogP contribution is 2.31. The van der Waals surface area contributed by atoms with Crippen molar-refractivity contribution < 1.29 is 4.74 Å². The zero-order valence-electron chi connectivity index (χ0n) is 16.7. The molecule has 3 rings (SSSR count). The minimum atomic E-state index is 0.0495. The first-order valence-electron chi connectivity index (χ1n) is 9.77. The summed E-state index contributed by atoms with van der Waals surface area (Å²) in [5, 5.41) is 7.94. The number of aromatic nitrogens is 2. The summed E-state index contributed by atoms with van der Waals surface area (Å²) in [7, 11) is 8.24. The molecule has 7 nitrogen and oxygen atoms in total. The highest BCUT2D eigenvalue weighted by atomic mass is 16.5. The number of aliphatic imine (C=N–C) groups is 1. The number of morpholine rings is 1. The summed E-state index contributed by atoms with van der Waals surface area (Å²) >= 11 is 0. The minimum absolute atomic E-state index is 0.0495. The number of hydrogen-bond acceptors (Lipinski definition) is 4. The summed E-state index contributed by atoms with van der Waals surface area (Å²) < 4.78 is 7.80. The van der Waals surface area contributed by atoms with Crippen molar-refractivity contribution in [2.45, 2.75) is 43.7 Å². The van der Waals surface area contributed by atoms with Crippen LogP contribution < -0.4 is 5.32 Å². The van der Waals surface area contributed by atoms with Gasteiger partial charge in [0.1, 0.15) is 6.10 Å². The summed E-state index contributed by atoms with van der Waals surface area (Å²) in [6.45, 7) is 3.33. The van der Waals surface area contributed by atoms with Crippen LogP contribution in [0.15, 0.2) is 17.4 Å². The lowest BCUT2D eigenvalue weighted by atomic mass is 9.80. The van der Waals surface area contributed by atoms with E-state index in [0.29, 0.717) is 6.61 Å². The van der Waals surface area contributed by atoms with Crippen LogP contribution >= 0.6 is 0 Å². The Balaban J connectivity index is 1.63. The lowest BCUT2D eigenvalue weighted by Crippen LogP contribution is -2.57. The molecule has 146 valence electrons. The van der Waals surface area contributed by atoms with Crippen molar-refractivity contribution in [2.75, 3.05) is 47.4 Å². The van der Waals surface area contributed by atoms with Gasteiger partial charge in [-0.05, 0) is 26.9 Å². The van der Waals surface area contributed by atoms with E-state index in [-0.39, 0.29) is 11.6 Å². The lowest BCUT2D eigenvalue weighted by Gasteiger charge is -2.44. The van der Waals surface area contributed by atoms with Gasteiger partial charge < -0.3 is 19.9 Å². The molecule has 26 heavy (non-hydrogen) atoms. The van der Waals surface area contributed by atoms with Gasteiger partial charge in [0.2, 0.25) is 0 Å². The summed E-state index contributed by atoms with van der Waals surface area (Å²) in [4.78, 5) is 9.28. The number of hydrogen-bond donors (Lipinski definition) is 1. The Morgan fingerprint density at radius 1 is 1.38 bits per heavy atom. The van der Waals surface area contributed by atoms with E-state index in [1.165, 1.54) is 32.1 Å². The first-order chi connectivity index (χ1) is 12.5. The van der Waals surface area contributed by atoms with Crippen LogP contribution in [0.5, 0.6) is 0 Å². The highest BCUT2D eigenvalue weighted by molar-refractivity contribution is 5.80. The molecule has 1 saturated heterocycles. The minimum Gasteiger partial charge on any atom is -0.370 e. The lowest BCUT2D eigenvalue weighted by molar-refractivity contribution is -0.00844. The van der Waals surface area contributed by atoms with Crippen LogP contribution in [0, 0.1) is 0 Å². The van der Waals surface area contributed by atoms with Crippen LogP contribution in [-0.2, 0) is 11.8 Å². The van der Waals surface area contributed by atoms with E-state index in [1.54, 1.807) is 0 Å². The molecule has 7 heteroatoms. The van der Waals surface area contributed by atoms with Crippen LogP contribution in [-0.4, -0.2) is 78.5 Å². The zero-order chi connectivity index (χ0) is 18.6. The first-order valence-corrected chi connectivity index (χ1v) is 9.77. The molecule has 1 saturated carbocycles. The largest absolute Gasteiger partial charge is 0.370 e. The molecule has 1 atom stereocenters. The van der Waals surface area contributed by atoms with Gasteiger partial charge in [0.15, 0.2) is 5.96 Å². The van der Waals surface area contributed by atoms with Crippen molar-refractivity contribution in [2.24, 2.45) is 12.0 Å². The van der Waals surface area contributed by atoms with Gasteiger partial charge in [0.05, 0.1) is 19.3 Å². The number of rotatable bonds is 4. The smallest absolute Gasteiger partial charge is 0.193 e. The molecule has 0 aromatic carbocycles. The second-order valence-electron chi connectivity index (χ2n) is 7.83. The fourth-order valence-electron chi connectivity index (χ4n) is 4.22. The molecule has 2 heterocycles. The quantitative estimate of drug-likeness (QED) is 0.652. The molecule has 1 aromatic rings. The Hall–Kier alpha value is -1.60. The van der Waals surface area contributed by atoms with Crippen LogP contribution in [0.4, 0.5) is 0 Å². The number of nitrogens with one attached hydrogen (secondary N) is 1. The maximum Gasteiger partial charge on any atom is 0.193 e. The molecule has 1 aliphatic heterocycles. The predicted molar refractivity (Wildman–Crippen MR) is 104 cm³/mol. The number of nitrogens with zero attached hydrogens (tertiary/aromatic N) is 5. The van der Waals surface area contributed by atoms with Gasteiger partial charge in [-0.25, -0.2) is 0 Å². The van der Waals surface area contributed by atoms with Gasteiger partial charge in [-0.2, -0.15) is 5.10 Å². The summed E-state index contributed by atoms with van der Waals surface area (Å²) in [6, 6.07) is 0. The van der Waals surface area contributed by atoms with Gasteiger partial charge in [-0.3, -0.25) is 9.67 Å².